The number of benzene rings is 1. The fraction of sp³-hybridized carbons (Fsp3) is 0.562. The van der Waals surface area contributed by atoms with E-state index < -0.39 is 21.8 Å². The molecule has 134 valence electrons. The molecular formula is C16H23FN2O4S. The van der Waals surface area contributed by atoms with Gasteiger partial charge in [-0.05, 0) is 44.5 Å². The molecule has 1 unspecified atom stereocenters. The molecule has 0 spiro atoms. The molecule has 1 aromatic carbocycles. The van der Waals surface area contributed by atoms with Gasteiger partial charge in [0.2, 0.25) is 10.0 Å². The monoisotopic (exact) mass is 358 g/mol. The maximum absolute atomic E-state index is 13.9. The van der Waals surface area contributed by atoms with E-state index in [1.54, 1.807) is 6.92 Å². The minimum absolute atomic E-state index is 0.101. The lowest BCUT2D eigenvalue weighted by Gasteiger charge is -2.27. The van der Waals surface area contributed by atoms with Gasteiger partial charge in [0.25, 0.3) is 0 Å². The number of hydrogen-bond donors (Lipinski definition) is 1. The molecule has 1 aliphatic heterocycles. The van der Waals surface area contributed by atoms with Crippen LogP contribution in [-0.4, -0.2) is 51.0 Å². The van der Waals surface area contributed by atoms with E-state index in [0.717, 1.165) is 18.7 Å². The lowest BCUT2D eigenvalue weighted by molar-refractivity contribution is 0.0525. The minimum atomic E-state index is -3.89. The third kappa shape index (κ3) is 4.12. The second-order valence-corrected chi connectivity index (χ2v) is 7.55. The van der Waals surface area contributed by atoms with Gasteiger partial charge in [-0.2, -0.15) is 4.31 Å². The van der Waals surface area contributed by atoms with E-state index in [9.17, 15) is 17.6 Å². The van der Waals surface area contributed by atoms with Crippen LogP contribution in [0.15, 0.2) is 23.1 Å². The van der Waals surface area contributed by atoms with Crippen molar-refractivity contribution >= 4 is 16.0 Å². The van der Waals surface area contributed by atoms with Crippen LogP contribution in [0.2, 0.25) is 0 Å². The van der Waals surface area contributed by atoms with Gasteiger partial charge in [0.1, 0.15) is 5.82 Å². The molecule has 0 aliphatic carbocycles. The molecular weight excluding hydrogens is 335 g/mol. The van der Waals surface area contributed by atoms with Crippen molar-refractivity contribution in [1.82, 2.24) is 9.62 Å². The molecule has 8 heteroatoms. The van der Waals surface area contributed by atoms with Crippen molar-refractivity contribution in [3.8, 4) is 0 Å². The first-order valence-electron chi connectivity index (χ1n) is 8.10. The predicted molar refractivity (Wildman–Crippen MR) is 87.8 cm³/mol. The van der Waals surface area contributed by atoms with Gasteiger partial charge in [0.15, 0.2) is 0 Å². The molecule has 1 N–H and O–H groups in total. The van der Waals surface area contributed by atoms with E-state index in [2.05, 4.69) is 5.32 Å². The number of sulfonamides is 1. The van der Waals surface area contributed by atoms with E-state index in [1.165, 1.54) is 10.4 Å². The highest BCUT2D eigenvalue weighted by atomic mass is 32.2. The molecule has 1 aromatic rings. The number of nitrogens with one attached hydrogen (secondary N) is 1. The maximum atomic E-state index is 13.9. The van der Waals surface area contributed by atoms with Gasteiger partial charge in [-0.3, -0.25) is 0 Å². The summed E-state index contributed by atoms with van der Waals surface area (Å²) in [4.78, 5) is 11.6. The first-order valence-corrected chi connectivity index (χ1v) is 9.54. The Labute approximate surface area is 142 Å². The van der Waals surface area contributed by atoms with Gasteiger partial charge in [-0.15, -0.1) is 0 Å². The Morgan fingerprint density at radius 1 is 1.38 bits per heavy atom. The fourth-order valence-corrected chi connectivity index (χ4v) is 4.59. The van der Waals surface area contributed by atoms with Gasteiger partial charge in [0.05, 0.1) is 17.1 Å². The van der Waals surface area contributed by atoms with Crippen LogP contribution in [0.5, 0.6) is 0 Å². The number of ether oxygens (including phenoxy) is 1. The predicted octanol–water partition coefficient (Wildman–Crippen LogP) is 1.76. The zero-order chi connectivity index (χ0) is 17.7. The second-order valence-electron chi connectivity index (χ2n) is 5.66. The van der Waals surface area contributed by atoms with Crippen LogP contribution in [0.3, 0.4) is 0 Å². The summed E-state index contributed by atoms with van der Waals surface area (Å²) in [5.74, 6) is -1.52. The summed E-state index contributed by atoms with van der Waals surface area (Å²) in [5, 5.41) is 3.14. The molecule has 1 atom stereocenters. The largest absolute Gasteiger partial charge is 0.462 e. The lowest BCUT2D eigenvalue weighted by Crippen LogP contribution is -2.42. The zero-order valence-corrected chi connectivity index (χ0v) is 14.7. The van der Waals surface area contributed by atoms with Gasteiger partial charge >= 0.3 is 5.97 Å². The molecule has 0 saturated carbocycles. The highest BCUT2D eigenvalue weighted by molar-refractivity contribution is 7.89. The summed E-state index contributed by atoms with van der Waals surface area (Å²) >= 11 is 0. The van der Waals surface area contributed by atoms with Gasteiger partial charge in [-0.25, -0.2) is 17.6 Å². The third-order valence-electron chi connectivity index (χ3n) is 3.87. The number of halogens is 1. The average molecular weight is 358 g/mol. The summed E-state index contributed by atoms with van der Waals surface area (Å²) in [7, 11) is -3.89. The number of carbonyl (C=O) groups excluding carboxylic acids is 1. The summed E-state index contributed by atoms with van der Waals surface area (Å²) in [5.41, 5.74) is -0.101. The number of rotatable bonds is 7. The minimum Gasteiger partial charge on any atom is -0.462 e. The number of nitrogens with zero attached hydrogens (tertiary/aromatic N) is 1. The van der Waals surface area contributed by atoms with E-state index in [0.29, 0.717) is 25.9 Å². The van der Waals surface area contributed by atoms with Crippen molar-refractivity contribution in [2.75, 3.05) is 26.2 Å². The summed E-state index contributed by atoms with van der Waals surface area (Å²) in [6, 6.07) is 2.95. The molecule has 0 bridgehead atoms. The van der Waals surface area contributed by atoms with Crippen LogP contribution in [0, 0.1) is 5.82 Å². The van der Waals surface area contributed by atoms with Crippen LogP contribution in [-0.2, 0) is 14.8 Å². The Morgan fingerprint density at radius 3 is 2.71 bits per heavy atom. The van der Waals surface area contributed by atoms with Crippen LogP contribution in [0.1, 0.15) is 37.0 Å². The van der Waals surface area contributed by atoms with Gasteiger partial charge in [0, 0.05) is 19.1 Å². The summed E-state index contributed by atoms with van der Waals surface area (Å²) in [6.07, 6.45) is 1.36. The third-order valence-corrected chi connectivity index (χ3v) is 5.80. The molecule has 1 aliphatic rings. The molecule has 2 rings (SSSR count). The molecule has 1 heterocycles. The molecule has 1 saturated heterocycles. The van der Waals surface area contributed by atoms with Gasteiger partial charge < -0.3 is 10.1 Å². The van der Waals surface area contributed by atoms with Gasteiger partial charge in [-0.1, -0.05) is 6.92 Å². The Bertz CT molecular complexity index is 687. The molecule has 0 amide bonds. The van der Waals surface area contributed by atoms with E-state index >= 15 is 0 Å². The molecule has 0 radical (unpaired) electrons. The number of esters is 1. The van der Waals surface area contributed by atoms with Crippen LogP contribution in [0.25, 0.3) is 0 Å². The second kappa shape index (κ2) is 8.04. The maximum Gasteiger partial charge on any atom is 0.338 e. The smallest absolute Gasteiger partial charge is 0.338 e. The van der Waals surface area contributed by atoms with E-state index in [1.807, 2.05) is 6.92 Å². The Kier molecular flexibility index (Phi) is 6.31. The Hall–Kier alpha value is -1.51. The highest BCUT2D eigenvalue weighted by Crippen LogP contribution is 2.24. The average Bonchev–Trinajstić information content (AvgIpc) is 3.06. The quantitative estimate of drug-likeness (QED) is 0.752. The van der Waals surface area contributed by atoms with Crippen molar-refractivity contribution < 1.29 is 22.3 Å². The van der Waals surface area contributed by atoms with Crippen LogP contribution in [0.4, 0.5) is 4.39 Å². The molecule has 6 nitrogen and oxygen atoms in total. The fourth-order valence-electron chi connectivity index (χ4n) is 2.78. The standard InChI is InChI=1S/C16H23FN2O4S/c1-3-7-19(14-5-6-18-11-14)24(21,22)15-9-12(8-13(17)10-15)16(20)23-4-2/h8-10,14,18H,3-7,11H2,1-2H3. The molecule has 0 aromatic heterocycles. The SMILES string of the molecule is CCCN(C1CCNC1)S(=O)(=O)c1cc(F)cc(C(=O)OCC)c1. The molecule has 1 fully saturated rings. The first kappa shape index (κ1) is 18.8. The molecule has 24 heavy (non-hydrogen) atoms. The summed E-state index contributed by atoms with van der Waals surface area (Å²) < 4.78 is 46.1. The highest BCUT2D eigenvalue weighted by Gasteiger charge is 2.33. The van der Waals surface area contributed by atoms with Crippen molar-refractivity contribution in [2.24, 2.45) is 0 Å². The Morgan fingerprint density at radius 2 is 2.12 bits per heavy atom. The Balaban J connectivity index is 2.41. The van der Waals surface area contributed by atoms with E-state index in [-0.39, 0.29) is 23.1 Å². The first-order chi connectivity index (χ1) is 11.4. The summed E-state index contributed by atoms with van der Waals surface area (Å²) in [6.45, 7) is 5.31. The zero-order valence-electron chi connectivity index (χ0n) is 13.9. The normalized spacial score (nSPS) is 18.1. The van der Waals surface area contributed by atoms with Crippen molar-refractivity contribution in [3.05, 3.63) is 29.6 Å². The van der Waals surface area contributed by atoms with Crippen LogP contribution < -0.4 is 5.32 Å². The van der Waals surface area contributed by atoms with Crippen LogP contribution >= 0.6 is 0 Å². The van der Waals surface area contributed by atoms with Crippen molar-refractivity contribution in [1.29, 1.82) is 0 Å². The lowest BCUT2D eigenvalue weighted by atomic mass is 10.2. The van der Waals surface area contributed by atoms with Crippen molar-refractivity contribution in [2.45, 2.75) is 37.6 Å². The number of hydrogen-bond acceptors (Lipinski definition) is 5. The topological polar surface area (TPSA) is 75.7 Å². The number of carbonyl (C=O) groups is 1. The van der Waals surface area contributed by atoms with E-state index in [4.69, 9.17) is 4.74 Å². The van der Waals surface area contributed by atoms with Crippen molar-refractivity contribution in [3.63, 3.8) is 0 Å².